The highest BCUT2D eigenvalue weighted by Crippen LogP contribution is 2.27. The number of thiocarbonyl (C=S) groups is 1. The fraction of sp³-hybridized carbons (Fsp3) is 0.444. The molecule has 1 saturated heterocycles. The van der Waals surface area contributed by atoms with Gasteiger partial charge >= 0.3 is 0 Å². The van der Waals surface area contributed by atoms with Gasteiger partial charge in [0.1, 0.15) is 17.3 Å². The molecule has 0 aliphatic carbocycles. The molecular weight excluding hydrogens is 340 g/mol. The Bertz CT molecular complexity index is 727. The molecule has 1 aromatic carbocycles. The molecule has 3 rings (SSSR count). The van der Waals surface area contributed by atoms with E-state index in [1.807, 2.05) is 24.3 Å². The summed E-state index contributed by atoms with van der Waals surface area (Å²) in [6, 6.07) is 9.49. The molecule has 1 fully saturated rings. The summed E-state index contributed by atoms with van der Waals surface area (Å²) in [6.07, 6.45) is 0. The zero-order chi connectivity index (χ0) is 17.9. The van der Waals surface area contributed by atoms with Gasteiger partial charge in [-0.25, -0.2) is 0 Å². The minimum absolute atomic E-state index is 0.0256. The molecule has 1 atom stereocenters. The minimum atomic E-state index is 0.0256. The number of ether oxygens (including phenoxy) is 3. The van der Waals surface area contributed by atoms with Gasteiger partial charge in [0.2, 0.25) is 0 Å². The number of benzene rings is 1. The lowest BCUT2D eigenvalue weighted by atomic mass is 9.88. The second-order valence-corrected chi connectivity index (χ2v) is 7.10. The number of hydrogen-bond donors (Lipinski definition) is 1. The van der Waals surface area contributed by atoms with Crippen molar-refractivity contribution in [1.82, 2.24) is 10.5 Å². The Morgan fingerprint density at radius 3 is 2.76 bits per heavy atom. The number of rotatable bonds is 6. The van der Waals surface area contributed by atoms with Crippen molar-refractivity contribution in [2.24, 2.45) is 5.41 Å². The first-order valence-corrected chi connectivity index (χ1v) is 8.50. The van der Waals surface area contributed by atoms with E-state index in [1.54, 1.807) is 13.2 Å². The largest absolute Gasteiger partial charge is 0.497 e. The molecule has 1 N–H and O–H groups in total. The van der Waals surface area contributed by atoms with Crippen molar-refractivity contribution >= 4 is 17.2 Å². The van der Waals surface area contributed by atoms with Crippen LogP contribution in [0.3, 0.4) is 0 Å². The third-order valence-electron chi connectivity index (χ3n) is 4.27. The maximum atomic E-state index is 5.65. The smallest absolute Gasteiger partial charge is 0.255 e. The molecule has 0 bridgehead atoms. The van der Waals surface area contributed by atoms with Crippen LogP contribution in [0.25, 0.3) is 0 Å². The Kier molecular flexibility index (Phi) is 5.24. The molecule has 0 saturated carbocycles. The normalized spacial score (nSPS) is 18.8. The van der Waals surface area contributed by atoms with Crippen LogP contribution in [-0.4, -0.2) is 36.5 Å². The number of nitrogens with one attached hydrogen (secondary N) is 1. The first-order valence-electron chi connectivity index (χ1n) is 8.09. The molecule has 1 unspecified atom stereocenters. The van der Waals surface area contributed by atoms with Crippen molar-refractivity contribution in [3.8, 4) is 11.6 Å². The van der Waals surface area contributed by atoms with Crippen LogP contribution in [0.1, 0.15) is 25.2 Å². The van der Waals surface area contributed by atoms with E-state index >= 15 is 0 Å². The Balaban J connectivity index is 1.55. The van der Waals surface area contributed by atoms with Crippen molar-refractivity contribution in [3.63, 3.8) is 0 Å². The fourth-order valence-electron chi connectivity index (χ4n) is 2.55. The quantitative estimate of drug-likeness (QED) is 0.793. The summed E-state index contributed by atoms with van der Waals surface area (Å²) >= 11 is 5.41. The van der Waals surface area contributed by atoms with Gasteiger partial charge < -0.3 is 24.1 Å². The van der Waals surface area contributed by atoms with Gasteiger partial charge in [0.05, 0.1) is 32.4 Å². The molecule has 1 aliphatic heterocycles. The predicted octanol–water partition coefficient (Wildman–Crippen LogP) is 2.95. The highest BCUT2D eigenvalue weighted by Gasteiger charge is 2.36. The van der Waals surface area contributed by atoms with Gasteiger partial charge in [-0.1, -0.05) is 38.2 Å². The molecule has 1 aliphatic rings. The van der Waals surface area contributed by atoms with Crippen LogP contribution in [-0.2, 0) is 11.3 Å². The van der Waals surface area contributed by atoms with Gasteiger partial charge in [-0.05, 0) is 22.9 Å². The van der Waals surface area contributed by atoms with Crippen molar-refractivity contribution in [1.29, 1.82) is 0 Å². The lowest BCUT2D eigenvalue weighted by molar-refractivity contribution is 0.166. The van der Waals surface area contributed by atoms with Crippen LogP contribution in [0.15, 0.2) is 34.9 Å². The summed E-state index contributed by atoms with van der Waals surface area (Å²) in [5.41, 5.74) is 1.04. The van der Waals surface area contributed by atoms with Gasteiger partial charge in [-0.15, -0.1) is 0 Å². The molecular formula is C18H22N2O4S. The maximum absolute atomic E-state index is 5.65. The fourth-order valence-corrected chi connectivity index (χ4v) is 2.78. The molecule has 0 radical (unpaired) electrons. The van der Waals surface area contributed by atoms with Gasteiger partial charge in [0, 0.05) is 5.41 Å². The third kappa shape index (κ3) is 4.29. The van der Waals surface area contributed by atoms with Crippen LogP contribution < -0.4 is 14.8 Å². The van der Waals surface area contributed by atoms with Gasteiger partial charge in [-0.3, -0.25) is 0 Å². The monoisotopic (exact) mass is 362 g/mol. The lowest BCUT2D eigenvalue weighted by Crippen LogP contribution is -2.43. The molecule has 2 heterocycles. The molecule has 2 aromatic rings. The van der Waals surface area contributed by atoms with Crippen LogP contribution in [0.2, 0.25) is 0 Å². The van der Waals surface area contributed by atoms with Crippen LogP contribution in [0.4, 0.5) is 0 Å². The van der Waals surface area contributed by atoms with E-state index in [2.05, 4.69) is 24.3 Å². The zero-order valence-electron chi connectivity index (χ0n) is 14.6. The Hall–Kier alpha value is -2.12. The Morgan fingerprint density at radius 2 is 2.12 bits per heavy atom. The molecule has 6 nitrogen and oxygen atoms in total. The number of aromatic nitrogens is 1. The van der Waals surface area contributed by atoms with Gasteiger partial charge in [-0.2, -0.15) is 0 Å². The standard InChI is InChI=1S/C18H22N2O4S/c1-18(2)11-22-10-15(18)19-17(25)14-8-16(20-24-14)23-9-12-4-6-13(21-3)7-5-12/h4-8,15H,9-11H2,1-3H3,(H,19,25). The van der Waals surface area contributed by atoms with E-state index in [0.717, 1.165) is 11.3 Å². The number of nitrogens with zero attached hydrogens (tertiary/aromatic N) is 1. The summed E-state index contributed by atoms with van der Waals surface area (Å²) in [4.78, 5) is 0.510. The van der Waals surface area contributed by atoms with E-state index in [0.29, 0.717) is 36.4 Å². The van der Waals surface area contributed by atoms with Crippen molar-refractivity contribution in [3.05, 3.63) is 41.7 Å². The van der Waals surface area contributed by atoms with Crippen molar-refractivity contribution in [2.75, 3.05) is 20.3 Å². The van der Waals surface area contributed by atoms with E-state index in [4.69, 9.17) is 31.0 Å². The van der Waals surface area contributed by atoms with Crippen LogP contribution in [0.5, 0.6) is 11.6 Å². The van der Waals surface area contributed by atoms with Crippen LogP contribution >= 0.6 is 12.2 Å². The van der Waals surface area contributed by atoms with Gasteiger partial charge in [0.15, 0.2) is 5.76 Å². The summed E-state index contributed by atoms with van der Waals surface area (Å²) in [7, 11) is 1.64. The second-order valence-electron chi connectivity index (χ2n) is 6.70. The SMILES string of the molecule is COc1ccc(COc2cc(C(=S)NC3COCC3(C)C)on2)cc1. The van der Waals surface area contributed by atoms with Gasteiger partial charge in [0.25, 0.3) is 5.88 Å². The highest BCUT2D eigenvalue weighted by atomic mass is 32.1. The first-order chi connectivity index (χ1) is 12.0. The van der Waals surface area contributed by atoms with Crippen molar-refractivity contribution < 1.29 is 18.7 Å². The summed E-state index contributed by atoms with van der Waals surface area (Å²) in [5, 5.41) is 7.20. The lowest BCUT2D eigenvalue weighted by Gasteiger charge is -2.25. The summed E-state index contributed by atoms with van der Waals surface area (Å²) in [5.74, 6) is 1.70. The third-order valence-corrected chi connectivity index (χ3v) is 4.58. The molecule has 7 heteroatoms. The van der Waals surface area contributed by atoms with E-state index in [-0.39, 0.29) is 11.5 Å². The molecule has 0 amide bonds. The number of hydrogen-bond acceptors (Lipinski definition) is 6. The summed E-state index contributed by atoms with van der Waals surface area (Å²) in [6.45, 7) is 6.01. The Labute approximate surface area is 152 Å². The molecule has 1 aromatic heterocycles. The summed E-state index contributed by atoms with van der Waals surface area (Å²) < 4.78 is 21.6. The average molecular weight is 362 g/mol. The Morgan fingerprint density at radius 1 is 1.36 bits per heavy atom. The molecule has 25 heavy (non-hydrogen) atoms. The number of methoxy groups -OCH3 is 1. The molecule has 0 spiro atoms. The van der Waals surface area contributed by atoms with Crippen LogP contribution in [0, 0.1) is 5.41 Å². The topological polar surface area (TPSA) is 65.8 Å². The van der Waals surface area contributed by atoms with E-state index < -0.39 is 0 Å². The zero-order valence-corrected chi connectivity index (χ0v) is 15.4. The maximum Gasteiger partial charge on any atom is 0.255 e. The second kappa shape index (κ2) is 7.41. The highest BCUT2D eigenvalue weighted by molar-refractivity contribution is 7.80. The molecule has 134 valence electrons. The minimum Gasteiger partial charge on any atom is -0.497 e. The predicted molar refractivity (Wildman–Crippen MR) is 97.1 cm³/mol. The van der Waals surface area contributed by atoms with E-state index in [1.165, 1.54) is 0 Å². The average Bonchev–Trinajstić information content (AvgIpc) is 3.20. The van der Waals surface area contributed by atoms with E-state index in [9.17, 15) is 0 Å². The van der Waals surface area contributed by atoms with Crippen molar-refractivity contribution in [2.45, 2.75) is 26.5 Å². The first kappa shape index (κ1) is 17.7.